The zero-order valence-electron chi connectivity index (χ0n) is 21.7. The van der Waals surface area contributed by atoms with E-state index in [0.29, 0.717) is 29.8 Å². The van der Waals surface area contributed by atoms with Crippen LogP contribution in [0.4, 0.5) is 0 Å². The SMILES string of the molecule is COc1ccc(CNC(=O)c2ccc(C3=NN4C(C(=O)c5ccc(Br)cc5)Oc5ccccc5C4C3)cc2)cc1. The lowest BCUT2D eigenvalue weighted by molar-refractivity contribution is -0.00455. The van der Waals surface area contributed by atoms with E-state index in [-0.39, 0.29) is 17.7 Å². The third-order valence-electron chi connectivity index (χ3n) is 7.14. The monoisotopic (exact) mass is 595 g/mol. The molecule has 2 aliphatic heterocycles. The third kappa shape index (κ3) is 5.10. The van der Waals surface area contributed by atoms with Crippen molar-refractivity contribution in [2.75, 3.05) is 7.11 Å². The molecule has 7 nitrogen and oxygen atoms in total. The number of Topliss-reactive ketones (excluding diaryl/α,β-unsaturated/α-hetero) is 1. The van der Waals surface area contributed by atoms with Crippen LogP contribution in [-0.2, 0) is 6.54 Å². The average Bonchev–Trinajstić information content (AvgIpc) is 3.46. The molecule has 4 aromatic rings. The highest BCUT2D eigenvalue weighted by Gasteiger charge is 2.43. The maximum atomic E-state index is 13.5. The van der Waals surface area contributed by atoms with Gasteiger partial charge in [0.15, 0.2) is 0 Å². The van der Waals surface area contributed by atoms with Crippen LogP contribution in [0.25, 0.3) is 0 Å². The summed E-state index contributed by atoms with van der Waals surface area (Å²) in [6.45, 7) is 0.418. The number of halogens is 1. The zero-order chi connectivity index (χ0) is 27.6. The Balaban J connectivity index is 1.20. The molecule has 40 heavy (non-hydrogen) atoms. The number of carbonyl (C=O) groups excluding carboxylic acids is 2. The Morgan fingerprint density at radius 2 is 1.65 bits per heavy atom. The molecule has 0 fully saturated rings. The van der Waals surface area contributed by atoms with Crippen molar-refractivity contribution >= 4 is 33.3 Å². The van der Waals surface area contributed by atoms with Crippen molar-refractivity contribution in [1.29, 1.82) is 0 Å². The fourth-order valence-corrected chi connectivity index (χ4v) is 5.24. The van der Waals surface area contributed by atoms with Crippen LogP contribution in [0.1, 0.15) is 49.9 Å². The molecule has 2 unspecified atom stereocenters. The number of hydrogen-bond acceptors (Lipinski definition) is 6. The van der Waals surface area contributed by atoms with Gasteiger partial charge in [0.2, 0.25) is 5.78 Å². The van der Waals surface area contributed by atoms with Gasteiger partial charge in [-0.15, -0.1) is 0 Å². The number of para-hydroxylation sites is 1. The second kappa shape index (κ2) is 11.0. The number of ketones is 1. The van der Waals surface area contributed by atoms with Crippen LogP contribution in [0.3, 0.4) is 0 Å². The van der Waals surface area contributed by atoms with Crippen molar-refractivity contribution in [3.63, 3.8) is 0 Å². The molecule has 0 saturated heterocycles. The summed E-state index contributed by atoms with van der Waals surface area (Å²) >= 11 is 3.42. The Morgan fingerprint density at radius 3 is 2.38 bits per heavy atom. The number of fused-ring (bicyclic) bond motifs is 3. The van der Waals surface area contributed by atoms with Gasteiger partial charge >= 0.3 is 0 Å². The normalized spacial score (nSPS) is 17.2. The van der Waals surface area contributed by atoms with Crippen LogP contribution in [-0.4, -0.2) is 35.7 Å². The van der Waals surface area contributed by atoms with E-state index < -0.39 is 6.23 Å². The molecule has 1 N–H and O–H groups in total. The molecule has 0 spiro atoms. The second-order valence-electron chi connectivity index (χ2n) is 9.63. The molecule has 0 bridgehead atoms. The quantitative estimate of drug-likeness (QED) is 0.260. The summed E-state index contributed by atoms with van der Waals surface area (Å²) in [5.74, 6) is 1.16. The van der Waals surface area contributed by atoms with Crippen molar-refractivity contribution < 1.29 is 19.1 Å². The highest BCUT2D eigenvalue weighted by Crippen LogP contribution is 2.43. The minimum Gasteiger partial charge on any atom is -0.497 e. The van der Waals surface area contributed by atoms with E-state index in [4.69, 9.17) is 14.6 Å². The molecule has 2 aliphatic rings. The Labute approximate surface area is 240 Å². The first kappa shape index (κ1) is 25.8. The average molecular weight is 596 g/mol. The first-order valence-electron chi connectivity index (χ1n) is 12.9. The van der Waals surface area contributed by atoms with Gasteiger partial charge in [-0.05, 0) is 53.6 Å². The summed E-state index contributed by atoms with van der Waals surface area (Å²) in [6, 6.07) is 29.9. The van der Waals surface area contributed by atoms with Crippen molar-refractivity contribution in [3.8, 4) is 11.5 Å². The smallest absolute Gasteiger partial charge is 0.251 e. The molecule has 8 heteroatoms. The fraction of sp³-hybridized carbons (Fsp3) is 0.156. The summed E-state index contributed by atoms with van der Waals surface area (Å²) in [6.07, 6.45) is -0.255. The van der Waals surface area contributed by atoms with E-state index >= 15 is 0 Å². The van der Waals surface area contributed by atoms with Crippen LogP contribution in [0.2, 0.25) is 0 Å². The maximum Gasteiger partial charge on any atom is 0.251 e. The number of benzene rings is 4. The first-order chi connectivity index (χ1) is 19.5. The number of rotatable bonds is 7. The van der Waals surface area contributed by atoms with Crippen LogP contribution < -0.4 is 14.8 Å². The number of amides is 1. The Bertz CT molecular complexity index is 1580. The van der Waals surface area contributed by atoms with Gasteiger partial charge in [0.25, 0.3) is 12.1 Å². The van der Waals surface area contributed by atoms with Crippen LogP contribution in [0.15, 0.2) is 107 Å². The molecule has 0 radical (unpaired) electrons. The van der Waals surface area contributed by atoms with Crippen LogP contribution >= 0.6 is 15.9 Å². The van der Waals surface area contributed by atoms with Gasteiger partial charge in [-0.3, -0.25) is 9.59 Å². The number of hydrogen-bond donors (Lipinski definition) is 1. The van der Waals surface area contributed by atoms with Gasteiger partial charge in [-0.1, -0.05) is 70.5 Å². The van der Waals surface area contributed by atoms with Gasteiger partial charge in [0.1, 0.15) is 11.5 Å². The van der Waals surface area contributed by atoms with Crippen molar-refractivity contribution in [2.24, 2.45) is 5.10 Å². The van der Waals surface area contributed by atoms with E-state index in [1.807, 2.05) is 72.8 Å². The lowest BCUT2D eigenvalue weighted by Crippen LogP contribution is -2.45. The lowest BCUT2D eigenvalue weighted by atomic mass is 9.95. The predicted octanol–water partition coefficient (Wildman–Crippen LogP) is 6.14. The molecule has 0 saturated carbocycles. The van der Waals surface area contributed by atoms with Crippen molar-refractivity contribution in [3.05, 3.63) is 129 Å². The Morgan fingerprint density at radius 1 is 0.950 bits per heavy atom. The summed E-state index contributed by atoms with van der Waals surface area (Å²) < 4.78 is 12.3. The Hall–Kier alpha value is -4.43. The summed E-state index contributed by atoms with van der Waals surface area (Å²) in [5, 5.41) is 9.60. The fourth-order valence-electron chi connectivity index (χ4n) is 4.98. The van der Waals surface area contributed by atoms with Gasteiger partial charge in [-0.2, -0.15) is 5.10 Å². The van der Waals surface area contributed by atoms with Crippen LogP contribution in [0, 0.1) is 0 Å². The number of nitrogens with zero attached hydrogens (tertiary/aromatic N) is 2. The van der Waals surface area contributed by atoms with E-state index in [9.17, 15) is 9.59 Å². The van der Waals surface area contributed by atoms with Gasteiger partial charge < -0.3 is 14.8 Å². The highest BCUT2D eigenvalue weighted by molar-refractivity contribution is 9.10. The first-order valence-corrected chi connectivity index (χ1v) is 13.7. The molecule has 6 rings (SSSR count). The zero-order valence-corrected chi connectivity index (χ0v) is 23.3. The van der Waals surface area contributed by atoms with Crippen molar-refractivity contribution in [2.45, 2.75) is 25.2 Å². The molecule has 4 aromatic carbocycles. The van der Waals surface area contributed by atoms with Crippen molar-refractivity contribution in [1.82, 2.24) is 10.3 Å². The highest BCUT2D eigenvalue weighted by atomic mass is 79.9. The predicted molar refractivity (Wildman–Crippen MR) is 156 cm³/mol. The largest absolute Gasteiger partial charge is 0.497 e. The lowest BCUT2D eigenvalue weighted by Gasteiger charge is -2.37. The number of hydrazone groups is 1. The van der Waals surface area contributed by atoms with E-state index in [0.717, 1.165) is 32.6 Å². The maximum absolute atomic E-state index is 13.5. The number of ether oxygens (including phenoxy) is 2. The summed E-state index contributed by atoms with van der Waals surface area (Å²) in [5.41, 5.74) is 4.83. The van der Waals surface area contributed by atoms with E-state index in [2.05, 4.69) is 21.2 Å². The number of nitrogens with one attached hydrogen (secondary N) is 1. The second-order valence-corrected chi connectivity index (χ2v) is 10.5. The number of carbonyl (C=O) groups is 2. The standard InChI is InChI=1S/C32H26BrN3O4/c1-39-25-16-6-20(7-17-25)19-34-31(38)23-10-8-21(9-11-23)27-18-28-26-4-2-3-5-29(26)40-32(36(28)35-27)30(37)22-12-14-24(33)15-13-22/h2-17,28,32H,18-19H2,1H3,(H,34,38). The van der Waals surface area contributed by atoms with Gasteiger partial charge in [-0.25, -0.2) is 5.01 Å². The van der Waals surface area contributed by atoms with E-state index in [1.54, 1.807) is 36.4 Å². The molecule has 1 amide bonds. The molecular weight excluding hydrogens is 570 g/mol. The Kier molecular flexibility index (Phi) is 7.09. The molecule has 0 aliphatic carbocycles. The molecule has 2 atom stereocenters. The third-order valence-corrected chi connectivity index (χ3v) is 7.67. The van der Waals surface area contributed by atoms with Crippen LogP contribution in [0.5, 0.6) is 11.5 Å². The van der Waals surface area contributed by atoms with Gasteiger partial charge in [0.05, 0.1) is 18.9 Å². The molecule has 0 aromatic heterocycles. The molecular formula is C32H26BrN3O4. The summed E-state index contributed by atoms with van der Waals surface area (Å²) in [4.78, 5) is 26.3. The van der Waals surface area contributed by atoms with E-state index in [1.165, 1.54) is 0 Å². The number of methoxy groups -OCH3 is 1. The molecule has 2 heterocycles. The molecule has 200 valence electrons. The minimum atomic E-state index is -0.874. The van der Waals surface area contributed by atoms with Gasteiger partial charge in [0, 0.05) is 34.1 Å². The summed E-state index contributed by atoms with van der Waals surface area (Å²) in [7, 11) is 1.62. The minimum absolute atomic E-state index is 0.128. The topological polar surface area (TPSA) is 80.2 Å².